The van der Waals surface area contributed by atoms with E-state index in [0.717, 1.165) is 31.4 Å². The van der Waals surface area contributed by atoms with Gasteiger partial charge in [-0.25, -0.2) is 0 Å². The summed E-state index contributed by atoms with van der Waals surface area (Å²) in [6.45, 7) is 2.59. The molecule has 20 heavy (non-hydrogen) atoms. The van der Waals surface area contributed by atoms with E-state index in [2.05, 4.69) is 15.2 Å². The number of unbranched alkanes of at least 4 members (excludes halogenated alkanes) is 2. The van der Waals surface area contributed by atoms with Crippen LogP contribution in [-0.4, -0.2) is 35.3 Å². The molecule has 1 aromatic rings. The van der Waals surface area contributed by atoms with Crippen molar-refractivity contribution in [3.05, 3.63) is 17.5 Å². The van der Waals surface area contributed by atoms with E-state index in [4.69, 9.17) is 0 Å². The van der Waals surface area contributed by atoms with Crippen molar-refractivity contribution in [3.63, 3.8) is 0 Å². The lowest BCUT2D eigenvalue weighted by atomic mass is 10.1. The van der Waals surface area contributed by atoms with Gasteiger partial charge < -0.3 is 10.1 Å². The molecule has 0 radical (unpaired) electrons. The van der Waals surface area contributed by atoms with Gasteiger partial charge >= 0.3 is 5.97 Å². The molecule has 6 nitrogen and oxygen atoms in total. The van der Waals surface area contributed by atoms with Crippen molar-refractivity contribution in [2.24, 2.45) is 7.05 Å². The second kappa shape index (κ2) is 8.35. The van der Waals surface area contributed by atoms with E-state index < -0.39 is 0 Å². The van der Waals surface area contributed by atoms with Crippen molar-refractivity contribution in [1.29, 1.82) is 0 Å². The standard InChI is InChI=1S/C14H23N3O3/c1-4-12-11(10-17(2)16-12)14(19)15-9-7-5-6-8-13(18)20-3/h10H,4-9H2,1-3H3,(H,15,19). The summed E-state index contributed by atoms with van der Waals surface area (Å²) in [5.74, 6) is -0.264. The maximum absolute atomic E-state index is 12.0. The monoisotopic (exact) mass is 281 g/mol. The highest BCUT2D eigenvalue weighted by molar-refractivity contribution is 5.95. The van der Waals surface area contributed by atoms with Crippen LogP contribution in [0.15, 0.2) is 6.20 Å². The van der Waals surface area contributed by atoms with Crippen LogP contribution in [0.5, 0.6) is 0 Å². The van der Waals surface area contributed by atoms with E-state index >= 15 is 0 Å². The topological polar surface area (TPSA) is 73.2 Å². The molecule has 0 saturated carbocycles. The van der Waals surface area contributed by atoms with Crippen LogP contribution in [0.2, 0.25) is 0 Å². The summed E-state index contributed by atoms with van der Waals surface area (Å²) in [4.78, 5) is 22.9. The number of rotatable bonds is 8. The van der Waals surface area contributed by atoms with Gasteiger partial charge in [-0.15, -0.1) is 0 Å². The van der Waals surface area contributed by atoms with E-state index in [1.54, 1.807) is 10.9 Å². The average Bonchev–Trinajstić information content (AvgIpc) is 2.83. The van der Waals surface area contributed by atoms with Crippen molar-refractivity contribution in [1.82, 2.24) is 15.1 Å². The van der Waals surface area contributed by atoms with Crippen LogP contribution in [0.25, 0.3) is 0 Å². The zero-order valence-corrected chi connectivity index (χ0v) is 12.4. The first-order valence-electron chi connectivity index (χ1n) is 6.96. The van der Waals surface area contributed by atoms with Crippen LogP contribution in [0.4, 0.5) is 0 Å². The third-order valence-corrected chi connectivity index (χ3v) is 3.06. The summed E-state index contributed by atoms with van der Waals surface area (Å²) in [7, 11) is 3.20. The van der Waals surface area contributed by atoms with Gasteiger partial charge in [-0.2, -0.15) is 5.10 Å². The van der Waals surface area contributed by atoms with Crippen LogP contribution in [0.1, 0.15) is 48.7 Å². The largest absolute Gasteiger partial charge is 0.469 e. The molecule has 0 saturated heterocycles. The number of nitrogens with zero attached hydrogens (tertiary/aromatic N) is 2. The maximum Gasteiger partial charge on any atom is 0.305 e. The minimum absolute atomic E-state index is 0.0806. The molecular formula is C14H23N3O3. The number of aryl methyl sites for hydroxylation is 2. The highest BCUT2D eigenvalue weighted by Crippen LogP contribution is 2.07. The number of amides is 1. The second-order valence-electron chi connectivity index (χ2n) is 4.66. The fourth-order valence-corrected chi connectivity index (χ4v) is 1.96. The number of esters is 1. The number of methoxy groups -OCH3 is 1. The van der Waals surface area contributed by atoms with Gasteiger partial charge in [0, 0.05) is 26.2 Å². The molecule has 1 amide bonds. The molecule has 0 fully saturated rings. The van der Waals surface area contributed by atoms with Crippen LogP contribution in [-0.2, 0) is 23.0 Å². The lowest BCUT2D eigenvalue weighted by Crippen LogP contribution is -2.25. The number of carbonyl (C=O) groups excluding carboxylic acids is 2. The average molecular weight is 281 g/mol. The molecule has 1 aromatic heterocycles. The minimum Gasteiger partial charge on any atom is -0.469 e. The van der Waals surface area contributed by atoms with Crippen LogP contribution >= 0.6 is 0 Å². The van der Waals surface area contributed by atoms with Crippen molar-refractivity contribution < 1.29 is 14.3 Å². The third kappa shape index (κ3) is 5.03. The van der Waals surface area contributed by atoms with Crippen molar-refractivity contribution in [2.75, 3.05) is 13.7 Å². The highest BCUT2D eigenvalue weighted by atomic mass is 16.5. The Kier molecular flexibility index (Phi) is 6.76. The number of hydrogen-bond donors (Lipinski definition) is 1. The van der Waals surface area contributed by atoms with E-state index in [9.17, 15) is 9.59 Å². The predicted octanol–water partition coefficient (Wildman–Crippen LogP) is 1.45. The zero-order chi connectivity index (χ0) is 15.0. The first kappa shape index (κ1) is 16.2. The van der Waals surface area contributed by atoms with E-state index in [-0.39, 0.29) is 11.9 Å². The van der Waals surface area contributed by atoms with Gasteiger partial charge in [0.1, 0.15) is 0 Å². The molecule has 0 aliphatic heterocycles. The smallest absolute Gasteiger partial charge is 0.305 e. The van der Waals surface area contributed by atoms with Gasteiger partial charge in [0.15, 0.2) is 0 Å². The van der Waals surface area contributed by atoms with Gasteiger partial charge in [0.2, 0.25) is 0 Å². The Bertz CT molecular complexity index is 455. The van der Waals surface area contributed by atoms with Gasteiger partial charge in [-0.3, -0.25) is 14.3 Å². The Balaban J connectivity index is 2.25. The molecular weight excluding hydrogens is 258 g/mol. The van der Waals surface area contributed by atoms with Gasteiger partial charge in [0.25, 0.3) is 5.91 Å². The first-order chi connectivity index (χ1) is 9.58. The molecule has 0 aliphatic rings. The second-order valence-corrected chi connectivity index (χ2v) is 4.66. The van der Waals surface area contributed by atoms with Gasteiger partial charge in [-0.05, 0) is 19.3 Å². The van der Waals surface area contributed by atoms with Crippen molar-refractivity contribution in [2.45, 2.75) is 39.0 Å². The zero-order valence-electron chi connectivity index (χ0n) is 12.4. The molecule has 1 rings (SSSR count). The van der Waals surface area contributed by atoms with E-state index in [1.807, 2.05) is 14.0 Å². The van der Waals surface area contributed by atoms with Crippen LogP contribution in [0, 0.1) is 0 Å². The number of ether oxygens (including phenoxy) is 1. The summed E-state index contributed by atoms with van der Waals surface area (Å²) < 4.78 is 6.22. The van der Waals surface area contributed by atoms with E-state index in [0.29, 0.717) is 18.5 Å². The molecule has 1 heterocycles. The molecule has 1 N–H and O–H groups in total. The summed E-state index contributed by atoms with van der Waals surface area (Å²) >= 11 is 0. The van der Waals surface area contributed by atoms with Gasteiger partial charge in [-0.1, -0.05) is 13.3 Å². The number of hydrogen-bond acceptors (Lipinski definition) is 4. The molecule has 0 bridgehead atoms. The number of aromatic nitrogens is 2. The van der Waals surface area contributed by atoms with E-state index in [1.165, 1.54) is 7.11 Å². The normalized spacial score (nSPS) is 10.3. The fourth-order valence-electron chi connectivity index (χ4n) is 1.96. The number of nitrogens with one attached hydrogen (secondary N) is 1. The summed E-state index contributed by atoms with van der Waals surface area (Å²) in [5.41, 5.74) is 1.46. The molecule has 0 atom stereocenters. The van der Waals surface area contributed by atoms with Crippen LogP contribution < -0.4 is 5.32 Å². The third-order valence-electron chi connectivity index (χ3n) is 3.06. The van der Waals surface area contributed by atoms with Gasteiger partial charge in [0.05, 0.1) is 18.4 Å². The maximum atomic E-state index is 12.0. The Morgan fingerprint density at radius 3 is 2.75 bits per heavy atom. The predicted molar refractivity (Wildman–Crippen MR) is 75.4 cm³/mol. The quantitative estimate of drug-likeness (QED) is 0.578. The minimum atomic E-state index is -0.183. The lowest BCUT2D eigenvalue weighted by molar-refractivity contribution is -0.140. The highest BCUT2D eigenvalue weighted by Gasteiger charge is 2.13. The Morgan fingerprint density at radius 1 is 1.35 bits per heavy atom. The molecule has 0 unspecified atom stereocenters. The van der Waals surface area contributed by atoms with Crippen molar-refractivity contribution in [3.8, 4) is 0 Å². The SMILES string of the molecule is CCc1nn(C)cc1C(=O)NCCCCCC(=O)OC. The summed E-state index contributed by atoms with van der Waals surface area (Å²) in [6, 6.07) is 0. The number of carbonyl (C=O) groups is 2. The Labute approximate surface area is 119 Å². The Morgan fingerprint density at radius 2 is 2.10 bits per heavy atom. The van der Waals surface area contributed by atoms with Crippen LogP contribution in [0.3, 0.4) is 0 Å². The Hall–Kier alpha value is -1.85. The van der Waals surface area contributed by atoms with Crippen molar-refractivity contribution >= 4 is 11.9 Å². The molecule has 112 valence electrons. The summed E-state index contributed by atoms with van der Waals surface area (Å²) in [6.07, 6.45) is 5.45. The summed E-state index contributed by atoms with van der Waals surface area (Å²) in [5, 5.41) is 7.12. The molecule has 0 aliphatic carbocycles. The molecule has 0 aromatic carbocycles. The lowest BCUT2D eigenvalue weighted by Gasteiger charge is -2.04. The fraction of sp³-hybridized carbons (Fsp3) is 0.643. The first-order valence-corrected chi connectivity index (χ1v) is 6.96. The molecule has 0 spiro atoms. The molecule has 6 heteroatoms.